The van der Waals surface area contributed by atoms with Crippen LogP contribution in [0.25, 0.3) is 0 Å². The van der Waals surface area contributed by atoms with Gasteiger partial charge in [0.05, 0.1) is 22.4 Å². The highest BCUT2D eigenvalue weighted by molar-refractivity contribution is 9.10. The summed E-state index contributed by atoms with van der Waals surface area (Å²) in [6.45, 7) is 5.57. The maximum Gasteiger partial charge on any atom is 0.128 e. The van der Waals surface area contributed by atoms with E-state index in [1.54, 1.807) is 18.3 Å². The number of halogens is 3. The van der Waals surface area contributed by atoms with Crippen molar-refractivity contribution in [3.8, 4) is 0 Å². The van der Waals surface area contributed by atoms with Crippen LogP contribution in [0.4, 0.5) is 4.39 Å². The Morgan fingerprint density at radius 3 is 2.86 bits per heavy atom. The van der Waals surface area contributed by atoms with Crippen molar-refractivity contribution in [1.82, 2.24) is 15.1 Å². The molecule has 3 nitrogen and oxygen atoms in total. The van der Waals surface area contributed by atoms with Gasteiger partial charge >= 0.3 is 0 Å². The molecule has 1 N–H and O–H groups in total. The van der Waals surface area contributed by atoms with Crippen molar-refractivity contribution in [2.45, 2.75) is 32.9 Å². The van der Waals surface area contributed by atoms with Crippen LogP contribution in [0.1, 0.15) is 37.6 Å². The first-order valence-electron chi connectivity index (χ1n) is 6.98. The molecule has 114 valence electrons. The first-order chi connectivity index (χ1) is 10.1. The van der Waals surface area contributed by atoms with Gasteiger partial charge in [-0.2, -0.15) is 5.10 Å². The van der Waals surface area contributed by atoms with E-state index >= 15 is 0 Å². The van der Waals surface area contributed by atoms with Crippen LogP contribution in [0.3, 0.4) is 0 Å². The lowest BCUT2D eigenvalue weighted by atomic mass is 10.0. The maximum atomic E-state index is 14.2. The third kappa shape index (κ3) is 3.65. The van der Waals surface area contributed by atoms with Crippen LogP contribution in [0.15, 0.2) is 28.9 Å². The van der Waals surface area contributed by atoms with E-state index in [4.69, 9.17) is 11.6 Å². The van der Waals surface area contributed by atoms with Crippen molar-refractivity contribution >= 4 is 27.5 Å². The van der Waals surface area contributed by atoms with E-state index in [2.05, 4.69) is 33.3 Å². The molecule has 1 heterocycles. The Hall–Kier alpha value is -0.910. The van der Waals surface area contributed by atoms with E-state index in [9.17, 15) is 4.39 Å². The molecule has 0 radical (unpaired) electrons. The molecule has 21 heavy (non-hydrogen) atoms. The number of rotatable bonds is 6. The van der Waals surface area contributed by atoms with E-state index in [0.717, 1.165) is 23.1 Å². The molecule has 1 aromatic carbocycles. The smallest absolute Gasteiger partial charge is 0.128 e. The Morgan fingerprint density at radius 1 is 1.43 bits per heavy atom. The zero-order chi connectivity index (χ0) is 15.4. The minimum Gasteiger partial charge on any atom is -0.305 e. The van der Waals surface area contributed by atoms with Crippen molar-refractivity contribution in [3.05, 3.63) is 51.0 Å². The van der Waals surface area contributed by atoms with Crippen molar-refractivity contribution < 1.29 is 4.39 Å². The zero-order valence-corrected chi connectivity index (χ0v) is 14.4. The summed E-state index contributed by atoms with van der Waals surface area (Å²) in [4.78, 5) is 0. The van der Waals surface area contributed by atoms with Crippen LogP contribution in [-0.2, 0) is 6.54 Å². The topological polar surface area (TPSA) is 29.9 Å². The molecule has 0 bridgehead atoms. The van der Waals surface area contributed by atoms with E-state index in [1.165, 1.54) is 6.07 Å². The number of nitrogens with one attached hydrogen (secondary N) is 1. The van der Waals surface area contributed by atoms with E-state index in [0.29, 0.717) is 17.1 Å². The summed E-state index contributed by atoms with van der Waals surface area (Å²) >= 11 is 9.55. The first-order valence-corrected chi connectivity index (χ1v) is 8.15. The normalized spacial score (nSPS) is 12.6. The number of benzene rings is 1. The quantitative estimate of drug-likeness (QED) is 0.804. The molecule has 2 aromatic rings. The van der Waals surface area contributed by atoms with Gasteiger partial charge in [-0.15, -0.1) is 0 Å². The summed E-state index contributed by atoms with van der Waals surface area (Å²) < 4.78 is 17.0. The lowest BCUT2D eigenvalue weighted by molar-refractivity contribution is 0.500. The summed E-state index contributed by atoms with van der Waals surface area (Å²) in [5, 5.41) is 8.20. The second-order valence-corrected chi connectivity index (χ2v) is 6.05. The highest BCUT2D eigenvalue weighted by atomic mass is 79.9. The predicted octanol–water partition coefficient (Wildman–Crippen LogP) is 4.55. The molecule has 0 amide bonds. The van der Waals surface area contributed by atoms with Gasteiger partial charge < -0.3 is 5.32 Å². The number of nitrogens with zero attached hydrogens (tertiary/aromatic N) is 2. The minimum atomic E-state index is -0.294. The second-order valence-electron chi connectivity index (χ2n) is 4.76. The summed E-state index contributed by atoms with van der Waals surface area (Å²) in [5.74, 6) is -0.276. The molecule has 2 rings (SSSR count). The molecule has 6 heteroatoms. The molecule has 1 aromatic heterocycles. The van der Waals surface area contributed by atoms with E-state index in [-0.39, 0.29) is 11.9 Å². The van der Waals surface area contributed by atoms with Crippen molar-refractivity contribution in [3.63, 3.8) is 0 Å². The van der Waals surface area contributed by atoms with Crippen molar-refractivity contribution in [2.24, 2.45) is 0 Å². The third-order valence-electron chi connectivity index (χ3n) is 3.22. The maximum absolute atomic E-state index is 14.2. The fourth-order valence-electron chi connectivity index (χ4n) is 2.34. The Balaban J connectivity index is 2.53. The fraction of sp³-hybridized carbons (Fsp3) is 0.400. The summed E-state index contributed by atoms with van der Waals surface area (Å²) in [6, 6.07) is 4.33. The number of hydrogen-bond acceptors (Lipinski definition) is 2. The largest absolute Gasteiger partial charge is 0.305 e. The lowest BCUT2D eigenvalue weighted by Gasteiger charge is -2.21. The van der Waals surface area contributed by atoms with Gasteiger partial charge in [-0.05, 0) is 47.1 Å². The zero-order valence-electron chi connectivity index (χ0n) is 12.0. The standard InChI is InChI=1S/C15H18BrClFN3/c1-3-7-21-15(12(16)9-20-21)14(19-4-2)11-8-10(17)5-6-13(11)18/h5-6,8-9,14,19H,3-4,7H2,1-2H3. The monoisotopic (exact) mass is 373 g/mol. The van der Waals surface area contributed by atoms with Gasteiger partial charge in [-0.3, -0.25) is 4.68 Å². The summed E-state index contributed by atoms with van der Waals surface area (Å²) in [5.41, 5.74) is 1.45. The molecule has 1 unspecified atom stereocenters. The van der Waals surface area contributed by atoms with Gasteiger partial charge in [0, 0.05) is 17.1 Å². The van der Waals surface area contributed by atoms with Gasteiger partial charge in [0.25, 0.3) is 0 Å². The molecule has 0 aliphatic carbocycles. The van der Waals surface area contributed by atoms with Gasteiger partial charge in [-0.25, -0.2) is 4.39 Å². The molecule has 0 saturated carbocycles. The van der Waals surface area contributed by atoms with Crippen LogP contribution in [0.5, 0.6) is 0 Å². The third-order valence-corrected chi connectivity index (χ3v) is 4.07. The first kappa shape index (κ1) is 16.5. The highest BCUT2D eigenvalue weighted by Crippen LogP contribution is 2.31. The minimum absolute atomic E-state index is 0.276. The number of aryl methyl sites for hydroxylation is 1. The SMILES string of the molecule is CCCn1ncc(Br)c1C(NCC)c1cc(Cl)ccc1F. The fourth-order valence-corrected chi connectivity index (χ4v) is 3.05. The average Bonchev–Trinajstić information content (AvgIpc) is 2.81. The van der Waals surface area contributed by atoms with Crippen LogP contribution < -0.4 is 5.32 Å². The van der Waals surface area contributed by atoms with E-state index < -0.39 is 0 Å². The number of aromatic nitrogens is 2. The van der Waals surface area contributed by atoms with Gasteiger partial charge in [0.2, 0.25) is 0 Å². The van der Waals surface area contributed by atoms with Crippen molar-refractivity contribution in [1.29, 1.82) is 0 Å². The van der Waals surface area contributed by atoms with Crippen molar-refractivity contribution in [2.75, 3.05) is 6.54 Å². The highest BCUT2D eigenvalue weighted by Gasteiger charge is 2.24. The average molecular weight is 375 g/mol. The van der Waals surface area contributed by atoms with Gasteiger partial charge in [0.15, 0.2) is 0 Å². The van der Waals surface area contributed by atoms with Gasteiger partial charge in [0.1, 0.15) is 5.82 Å². The molecule has 0 spiro atoms. The molecule has 0 saturated heterocycles. The molecular formula is C15H18BrClFN3. The Morgan fingerprint density at radius 2 is 2.19 bits per heavy atom. The van der Waals surface area contributed by atoms with Gasteiger partial charge in [-0.1, -0.05) is 25.4 Å². The van der Waals surface area contributed by atoms with Crippen LogP contribution in [-0.4, -0.2) is 16.3 Å². The van der Waals surface area contributed by atoms with Crippen LogP contribution in [0, 0.1) is 5.82 Å². The molecule has 0 fully saturated rings. The van der Waals surface area contributed by atoms with Crippen LogP contribution >= 0.6 is 27.5 Å². The predicted molar refractivity (Wildman–Crippen MR) is 87.1 cm³/mol. The Kier molecular flexibility index (Phi) is 5.79. The molecule has 0 aliphatic heterocycles. The lowest BCUT2D eigenvalue weighted by Crippen LogP contribution is -2.26. The molecular weight excluding hydrogens is 357 g/mol. The number of hydrogen-bond donors (Lipinski definition) is 1. The summed E-state index contributed by atoms with van der Waals surface area (Å²) in [7, 11) is 0. The Bertz CT molecular complexity index is 615. The van der Waals surface area contributed by atoms with Crippen LogP contribution in [0.2, 0.25) is 5.02 Å². The van der Waals surface area contributed by atoms with E-state index in [1.807, 2.05) is 11.6 Å². The molecule has 0 aliphatic rings. The Labute approximate surface area is 137 Å². The molecule has 1 atom stereocenters. The summed E-state index contributed by atoms with van der Waals surface area (Å²) in [6.07, 6.45) is 2.70. The second kappa shape index (κ2) is 7.38.